The van der Waals surface area contributed by atoms with Crippen LogP contribution in [0.2, 0.25) is 0 Å². The van der Waals surface area contributed by atoms with Crippen molar-refractivity contribution in [2.45, 2.75) is 0 Å². The number of rotatable bonds is 3. The molecule has 0 spiro atoms. The van der Waals surface area contributed by atoms with E-state index >= 15 is 0 Å². The first-order chi connectivity index (χ1) is 6.38. The summed E-state index contributed by atoms with van der Waals surface area (Å²) in [5, 5.41) is 21.0. The molecule has 3 nitrogen and oxygen atoms in total. The van der Waals surface area contributed by atoms with E-state index < -0.39 is 0 Å². The second kappa shape index (κ2) is 5.61. The van der Waals surface area contributed by atoms with Crippen molar-refractivity contribution in [2.24, 2.45) is 5.16 Å². The highest BCUT2D eigenvalue weighted by molar-refractivity contribution is 8.14. The molecule has 13 heavy (non-hydrogen) atoms. The van der Waals surface area contributed by atoms with Gasteiger partial charge in [-0.05, 0) is 0 Å². The van der Waals surface area contributed by atoms with Crippen LogP contribution in [0, 0.1) is 0 Å². The Labute approximate surface area is 81.1 Å². The first-order valence-electron chi connectivity index (χ1n) is 3.89. The molecule has 0 saturated carbocycles. The Bertz CT molecular complexity index is 274. The molecule has 70 valence electrons. The van der Waals surface area contributed by atoms with E-state index in [-0.39, 0.29) is 6.61 Å². The Morgan fingerprint density at radius 3 is 2.54 bits per heavy atom. The van der Waals surface area contributed by atoms with Gasteiger partial charge in [-0.1, -0.05) is 35.5 Å². The summed E-state index contributed by atoms with van der Waals surface area (Å²) < 4.78 is 0. The van der Waals surface area contributed by atoms with Crippen LogP contribution in [0.4, 0.5) is 0 Å². The fourth-order valence-corrected chi connectivity index (χ4v) is 1.54. The van der Waals surface area contributed by atoms with Crippen LogP contribution in [0.3, 0.4) is 0 Å². The van der Waals surface area contributed by atoms with E-state index in [9.17, 15) is 0 Å². The van der Waals surface area contributed by atoms with Gasteiger partial charge in [0.15, 0.2) is 0 Å². The third kappa shape index (κ3) is 3.08. The second-order valence-electron chi connectivity index (χ2n) is 2.34. The molecule has 0 bridgehead atoms. The molecule has 0 atom stereocenters. The van der Waals surface area contributed by atoms with Gasteiger partial charge in [-0.15, -0.1) is 11.8 Å². The number of hydrogen-bond acceptors (Lipinski definition) is 4. The zero-order valence-electron chi connectivity index (χ0n) is 7.05. The van der Waals surface area contributed by atoms with Gasteiger partial charge in [0.2, 0.25) is 0 Å². The van der Waals surface area contributed by atoms with Crippen LogP contribution in [0.5, 0.6) is 0 Å². The molecule has 0 amide bonds. The van der Waals surface area contributed by atoms with E-state index in [1.165, 1.54) is 11.8 Å². The molecule has 0 saturated heterocycles. The van der Waals surface area contributed by atoms with Gasteiger partial charge in [-0.25, -0.2) is 0 Å². The normalized spacial score (nSPS) is 11.6. The molecule has 0 heterocycles. The minimum atomic E-state index is 0.0799. The monoisotopic (exact) mass is 197 g/mol. The summed E-state index contributed by atoms with van der Waals surface area (Å²) in [6.45, 7) is 0.0799. The van der Waals surface area contributed by atoms with Crippen LogP contribution < -0.4 is 0 Å². The van der Waals surface area contributed by atoms with E-state index in [4.69, 9.17) is 10.3 Å². The Kier molecular flexibility index (Phi) is 4.35. The van der Waals surface area contributed by atoms with E-state index in [1.807, 2.05) is 30.3 Å². The summed E-state index contributed by atoms with van der Waals surface area (Å²) >= 11 is 1.32. The predicted molar refractivity (Wildman–Crippen MR) is 54.3 cm³/mol. The van der Waals surface area contributed by atoms with Crippen LogP contribution in [0.25, 0.3) is 0 Å². The molecular formula is C9H11NO2S. The highest BCUT2D eigenvalue weighted by Crippen LogP contribution is 2.12. The molecule has 4 heteroatoms. The number of aliphatic hydroxyl groups excluding tert-OH is 1. The molecule has 1 aromatic rings. The minimum absolute atomic E-state index is 0.0799. The number of hydrogen-bond donors (Lipinski definition) is 2. The predicted octanol–water partition coefficient (Wildman–Crippen LogP) is 1.55. The molecule has 1 aromatic carbocycles. The van der Waals surface area contributed by atoms with Crippen molar-refractivity contribution in [1.82, 2.24) is 0 Å². The third-order valence-electron chi connectivity index (χ3n) is 1.44. The van der Waals surface area contributed by atoms with E-state index in [2.05, 4.69) is 5.16 Å². The number of oxime groups is 1. The number of benzene rings is 1. The molecule has 0 aliphatic heterocycles. The lowest BCUT2D eigenvalue weighted by molar-refractivity contribution is 0.320. The first-order valence-corrected chi connectivity index (χ1v) is 4.88. The minimum Gasteiger partial charge on any atom is -0.410 e. The highest BCUT2D eigenvalue weighted by Gasteiger charge is 2.02. The summed E-state index contributed by atoms with van der Waals surface area (Å²) in [7, 11) is 0. The van der Waals surface area contributed by atoms with Gasteiger partial charge in [0.25, 0.3) is 0 Å². The first kappa shape index (κ1) is 10.1. The fraction of sp³-hybridized carbons (Fsp3) is 0.222. The van der Waals surface area contributed by atoms with Crippen molar-refractivity contribution in [1.29, 1.82) is 0 Å². The Morgan fingerprint density at radius 1 is 1.31 bits per heavy atom. The highest BCUT2D eigenvalue weighted by atomic mass is 32.2. The molecule has 2 N–H and O–H groups in total. The van der Waals surface area contributed by atoms with Crippen molar-refractivity contribution in [2.75, 3.05) is 12.4 Å². The Balaban J connectivity index is 2.69. The lowest BCUT2D eigenvalue weighted by atomic mass is 10.2. The summed E-state index contributed by atoms with van der Waals surface area (Å²) in [6, 6.07) is 9.37. The number of thioether (sulfide) groups is 1. The summed E-state index contributed by atoms with van der Waals surface area (Å²) in [4.78, 5) is 0. The van der Waals surface area contributed by atoms with Crippen LogP contribution in [-0.2, 0) is 0 Å². The largest absolute Gasteiger partial charge is 0.410 e. The van der Waals surface area contributed by atoms with Crippen LogP contribution in [0.15, 0.2) is 35.5 Å². The maximum absolute atomic E-state index is 8.69. The van der Waals surface area contributed by atoms with Gasteiger partial charge in [-0.2, -0.15) is 0 Å². The van der Waals surface area contributed by atoms with Gasteiger partial charge < -0.3 is 10.3 Å². The smallest absolute Gasteiger partial charge is 0.143 e. The maximum atomic E-state index is 8.69. The van der Waals surface area contributed by atoms with Crippen LogP contribution >= 0.6 is 11.8 Å². The van der Waals surface area contributed by atoms with Crippen molar-refractivity contribution < 1.29 is 10.3 Å². The van der Waals surface area contributed by atoms with Crippen molar-refractivity contribution in [3.8, 4) is 0 Å². The van der Waals surface area contributed by atoms with Gasteiger partial charge in [0.1, 0.15) is 5.04 Å². The van der Waals surface area contributed by atoms with Crippen molar-refractivity contribution in [3.05, 3.63) is 35.9 Å². The zero-order chi connectivity index (χ0) is 9.52. The summed E-state index contributed by atoms with van der Waals surface area (Å²) in [5.74, 6) is 0.536. The molecule has 0 aliphatic carbocycles. The average Bonchev–Trinajstić information content (AvgIpc) is 2.21. The standard InChI is InChI=1S/C9H11NO2S/c11-6-7-13-9(10-12)8-4-2-1-3-5-8/h1-5,11-12H,6-7H2. The van der Waals surface area contributed by atoms with Crippen molar-refractivity contribution >= 4 is 16.8 Å². The second-order valence-corrected chi connectivity index (χ2v) is 3.43. The molecule has 0 radical (unpaired) electrons. The molecular weight excluding hydrogens is 186 g/mol. The lowest BCUT2D eigenvalue weighted by Crippen LogP contribution is -1.98. The topological polar surface area (TPSA) is 52.8 Å². The molecule has 0 aliphatic rings. The number of aliphatic hydroxyl groups is 1. The Morgan fingerprint density at radius 2 is 2.00 bits per heavy atom. The molecule has 1 rings (SSSR count). The maximum Gasteiger partial charge on any atom is 0.143 e. The summed E-state index contributed by atoms with van der Waals surface area (Å²) in [5.41, 5.74) is 0.864. The number of nitrogens with zero attached hydrogens (tertiary/aromatic N) is 1. The van der Waals surface area contributed by atoms with Crippen LogP contribution in [-0.4, -0.2) is 27.7 Å². The zero-order valence-corrected chi connectivity index (χ0v) is 7.87. The van der Waals surface area contributed by atoms with Gasteiger partial charge in [0, 0.05) is 11.3 Å². The van der Waals surface area contributed by atoms with Crippen molar-refractivity contribution in [3.63, 3.8) is 0 Å². The van der Waals surface area contributed by atoms with Gasteiger partial charge >= 0.3 is 0 Å². The quantitative estimate of drug-likeness (QED) is 0.334. The van der Waals surface area contributed by atoms with E-state index in [1.54, 1.807) is 0 Å². The third-order valence-corrected chi connectivity index (χ3v) is 2.42. The van der Waals surface area contributed by atoms with E-state index in [0.29, 0.717) is 10.8 Å². The van der Waals surface area contributed by atoms with Crippen LogP contribution in [0.1, 0.15) is 5.56 Å². The average molecular weight is 197 g/mol. The SMILES string of the molecule is OCCSC(=NO)c1ccccc1. The van der Waals surface area contributed by atoms with Gasteiger partial charge in [0.05, 0.1) is 6.61 Å². The fourth-order valence-electron chi connectivity index (χ4n) is 0.893. The molecule has 0 fully saturated rings. The molecule has 0 aromatic heterocycles. The Hall–Kier alpha value is -1.00. The van der Waals surface area contributed by atoms with Gasteiger partial charge in [-0.3, -0.25) is 0 Å². The lowest BCUT2D eigenvalue weighted by Gasteiger charge is -2.01. The molecule has 0 unspecified atom stereocenters. The summed E-state index contributed by atoms with van der Waals surface area (Å²) in [6.07, 6.45) is 0. The van der Waals surface area contributed by atoms with E-state index in [0.717, 1.165) is 5.56 Å².